The monoisotopic (exact) mass is 309 g/mol. The van der Waals surface area contributed by atoms with Crippen LogP contribution < -0.4 is 5.32 Å². The molecular formula is C14H16BrNS. The lowest BCUT2D eigenvalue weighted by atomic mass is 10.1. The van der Waals surface area contributed by atoms with E-state index in [2.05, 4.69) is 70.8 Å². The van der Waals surface area contributed by atoms with E-state index in [4.69, 9.17) is 0 Å². The summed E-state index contributed by atoms with van der Waals surface area (Å²) >= 11 is 5.37. The van der Waals surface area contributed by atoms with E-state index < -0.39 is 0 Å². The lowest BCUT2D eigenvalue weighted by molar-refractivity contribution is 0.583. The highest BCUT2D eigenvalue weighted by atomic mass is 79.9. The fourth-order valence-electron chi connectivity index (χ4n) is 1.66. The molecule has 1 heterocycles. The molecule has 0 aliphatic carbocycles. The topological polar surface area (TPSA) is 12.0 Å². The fourth-order valence-corrected chi connectivity index (χ4v) is 2.84. The molecule has 1 N–H and O–H groups in total. The highest BCUT2D eigenvalue weighted by Crippen LogP contribution is 2.20. The van der Waals surface area contributed by atoms with E-state index in [-0.39, 0.29) is 0 Å². The molecule has 0 aliphatic heterocycles. The van der Waals surface area contributed by atoms with Gasteiger partial charge < -0.3 is 5.32 Å². The van der Waals surface area contributed by atoms with Crippen molar-refractivity contribution in [3.63, 3.8) is 0 Å². The van der Waals surface area contributed by atoms with Gasteiger partial charge in [-0.05, 0) is 42.5 Å². The molecule has 17 heavy (non-hydrogen) atoms. The summed E-state index contributed by atoms with van der Waals surface area (Å²) in [4.78, 5) is 1.39. The smallest absolute Gasteiger partial charge is 0.0388 e. The van der Waals surface area contributed by atoms with Crippen molar-refractivity contribution in [3.8, 4) is 0 Å². The minimum absolute atomic E-state index is 0.412. The van der Waals surface area contributed by atoms with Crippen molar-refractivity contribution in [3.05, 3.63) is 56.2 Å². The van der Waals surface area contributed by atoms with Crippen LogP contribution in [0.1, 0.15) is 29.0 Å². The van der Waals surface area contributed by atoms with Crippen molar-refractivity contribution in [1.29, 1.82) is 0 Å². The van der Waals surface area contributed by atoms with Gasteiger partial charge in [0.05, 0.1) is 0 Å². The molecule has 1 aromatic carbocycles. The lowest BCUT2D eigenvalue weighted by Gasteiger charge is -2.12. The highest BCUT2D eigenvalue weighted by molar-refractivity contribution is 9.10. The molecular weight excluding hydrogens is 294 g/mol. The number of hydrogen-bond acceptors (Lipinski definition) is 2. The van der Waals surface area contributed by atoms with Crippen molar-refractivity contribution in [2.75, 3.05) is 0 Å². The minimum atomic E-state index is 0.412. The second-order valence-electron chi connectivity index (χ2n) is 4.20. The van der Waals surface area contributed by atoms with Crippen LogP contribution in [0, 0.1) is 6.92 Å². The van der Waals surface area contributed by atoms with Gasteiger partial charge in [0.2, 0.25) is 0 Å². The van der Waals surface area contributed by atoms with E-state index in [1.807, 2.05) is 0 Å². The molecule has 1 nitrogen and oxygen atoms in total. The first-order chi connectivity index (χ1) is 8.16. The van der Waals surface area contributed by atoms with Gasteiger partial charge in [-0.3, -0.25) is 0 Å². The first kappa shape index (κ1) is 12.8. The third-order valence-corrected chi connectivity index (χ3v) is 4.73. The molecule has 1 unspecified atom stereocenters. The number of nitrogens with one attached hydrogen (secondary N) is 1. The zero-order chi connectivity index (χ0) is 12.3. The maximum absolute atomic E-state index is 3.57. The quantitative estimate of drug-likeness (QED) is 0.865. The van der Waals surface area contributed by atoms with Crippen LogP contribution in [0.25, 0.3) is 0 Å². The molecule has 0 saturated carbocycles. The Labute approximate surface area is 115 Å². The maximum Gasteiger partial charge on any atom is 0.0388 e. The predicted octanol–water partition coefficient (Wildman–Crippen LogP) is 4.67. The molecule has 2 aromatic rings. The van der Waals surface area contributed by atoms with Gasteiger partial charge in [-0.15, -0.1) is 11.3 Å². The third kappa shape index (κ3) is 3.41. The van der Waals surface area contributed by atoms with Crippen LogP contribution in [-0.4, -0.2) is 0 Å². The van der Waals surface area contributed by atoms with Crippen molar-refractivity contribution in [1.82, 2.24) is 5.32 Å². The summed E-state index contributed by atoms with van der Waals surface area (Å²) in [5.41, 5.74) is 2.59. The number of benzene rings is 1. The Hall–Kier alpha value is -0.640. The summed E-state index contributed by atoms with van der Waals surface area (Å²) in [6, 6.07) is 11.2. The van der Waals surface area contributed by atoms with Crippen LogP contribution in [0.4, 0.5) is 0 Å². The molecule has 90 valence electrons. The molecule has 0 fully saturated rings. The van der Waals surface area contributed by atoms with Gasteiger partial charge in [-0.2, -0.15) is 0 Å². The third-order valence-electron chi connectivity index (χ3n) is 2.82. The molecule has 0 aliphatic rings. The van der Waals surface area contributed by atoms with Crippen LogP contribution >= 0.6 is 27.3 Å². The SMILES string of the molecule is Cc1ccc(CNC(C)c2cccs2)cc1Br. The minimum Gasteiger partial charge on any atom is -0.305 e. The van der Waals surface area contributed by atoms with Crippen molar-refractivity contribution >= 4 is 27.3 Å². The Morgan fingerprint density at radius 2 is 2.18 bits per heavy atom. The Balaban J connectivity index is 1.96. The first-order valence-corrected chi connectivity index (χ1v) is 7.36. The number of halogens is 1. The summed E-state index contributed by atoms with van der Waals surface area (Å²) in [6.07, 6.45) is 0. The Bertz CT molecular complexity index is 479. The first-order valence-electron chi connectivity index (χ1n) is 5.68. The van der Waals surface area contributed by atoms with Crippen molar-refractivity contribution in [2.45, 2.75) is 26.4 Å². The molecule has 0 spiro atoms. The van der Waals surface area contributed by atoms with Crippen molar-refractivity contribution < 1.29 is 0 Å². The highest BCUT2D eigenvalue weighted by Gasteiger charge is 2.05. The molecule has 1 aromatic heterocycles. The van der Waals surface area contributed by atoms with Gasteiger partial charge in [-0.1, -0.05) is 34.1 Å². The standard InChI is InChI=1S/C14H16BrNS/c1-10-5-6-12(8-13(10)15)9-16-11(2)14-4-3-7-17-14/h3-8,11,16H,9H2,1-2H3. The van der Waals surface area contributed by atoms with Gasteiger partial charge in [0.1, 0.15) is 0 Å². The van der Waals surface area contributed by atoms with Crippen LogP contribution in [0.3, 0.4) is 0 Å². The van der Waals surface area contributed by atoms with Gasteiger partial charge in [0, 0.05) is 21.9 Å². The Kier molecular flexibility index (Phi) is 4.37. The summed E-state index contributed by atoms with van der Waals surface area (Å²) in [7, 11) is 0. The largest absolute Gasteiger partial charge is 0.305 e. The van der Waals surface area contributed by atoms with Gasteiger partial charge in [0.15, 0.2) is 0 Å². The van der Waals surface area contributed by atoms with E-state index >= 15 is 0 Å². The maximum atomic E-state index is 3.57. The van der Waals surface area contributed by atoms with E-state index in [0.717, 1.165) is 6.54 Å². The second kappa shape index (κ2) is 5.80. The fraction of sp³-hybridized carbons (Fsp3) is 0.286. The van der Waals surface area contributed by atoms with Crippen LogP contribution in [0.5, 0.6) is 0 Å². The van der Waals surface area contributed by atoms with Crippen molar-refractivity contribution in [2.24, 2.45) is 0 Å². The Morgan fingerprint density at radius 1 is 1.35 bits per heavy atom. The summed E-state index contributed by atoms with van der Waals surface area (Å²) in [5, 5.41) is 5.66. The molecule has 3 heteroatoms. The molecule has 1 atom stereocenters. The second-order valence-corrected chi connectivity index (χ2v) is 6.04. The summed E-state index contributed by atoms with van der Waals surface area (Å²) in [5.74, 6) is 0. The zero-order valence-corrected chi connectivity index (χ0v) is 12.4. The van der Waals surface area contributed by atoms with Crippen LogP contribution in [0.15, 0.2) is 40.2 Å². The number of thiophene rings is 1. The van der Waals surface area contributed by atoms with Gasteiger partial charge in [0.25, 0.3) is 0 Å². The normalized spacial score (nSPS) is 12.6. The lowest BCUT2D eigenvalue weighted by Crippen LogP contribution is -2.17. The van der Waals surface area contributed by atoms with Crippen LogP contribution in [0.2, 0.25) is 0 Å². The number of aryl methyl sites for hydroxylation is 1. The van der Waals surface area contributed by atoms with E-state index in [1.165, 1.54) is 20.5 Å². The zero-order valence-electron chi connectivity index (χ0n) is 10.0. The molecule has 0 amide bonds. The number of rotatable bonds is 4. The van der Waals surface area contributed by atoms with E-state index in [0.29, 0.717) is 6.04 Å². The average Bonchev–Trinajstić information content (AvgIpc) is 2.84. The average molecular weight is 310 g/mol. The Morgan fingerprint density at radius 3 is 2.82 bits per heavy atom. The molecule has 2 rings (SSSR count). The van der Waals surface area contributed by atoms with Crippen LogP contribution in [-0.2, 0) is 6.54 Å². The van der Waals surface area contributed by atoms with Gasteiger partial charge >= 0.3 is 0 Å². The molecule has 0 radical (unpaired) electrons. The number of hydrogen-bond donors (Lipinski definition) is 1. The molecule has 0 saturated heterocycles. The summed E-state index contributed by atoms with van der Waals surface area (Å²) in [6.45, 7) is 5.21. The predicted molar refractivity (Wildman–Crippen MR) is 78.5 cm³/mol. The van der Waals surface area contributed by atoms with E-state index in [9.17, 15) is 0 Å². The summed E-state index contributed by atoms with van der Waals surface area (Å²) < 4.78 is 1.18. The van der Waals surface area contributed by atoms with Gasteiger partial charge in [-0.25, -0.2) is 0 Å². The van der Waals surface area contributed by atoms with E-state index in [1.54, 1.807) is 11.3 Å². The molecule has 0 bridgehead atoms.